The minimum atomic E-state index is 0.0950. The number of nitrogens with two attached hydrogens (primary N) is 1. The summed E-state index contributed by atoms with van der Waals surface area (Å²) in [5, 5.41) is 0. The van der Waals surface area contributed by atoms with Gasteiger partial charge in [0.2, 0.25) is 0 Å². The number of hydrogen-bond acceptors (Lipinski definition) is 3. The molecule has 0 saturated carbocycles. The Morgan fingerprint density at radius 2 is 2.05 bits per heavy atom. The highest BCUT2D eigenvalue weighted by molar-refractivity contribution is 5.26. The zero-order valence-electron chi connectivity index (χ0n) is 12.6. The Labute approximate surface area is 126 Å². The smallest absolute Gasteiger partial charge is 0.0306 e. The fourth-order valence-electron chi connectivity index (χ4n) is 3.50. The highest BCUT2D eigenvalue weighted by Gasteiger charge is 2.43. The van der Waals surface area contributed by atoms with Crippen molar-refractivity contribution < 1.29 is 0 Å². The van der Waals surface area contributed by atoms with E-state index in [4.69, 9.17) is 5.73 Å². The molecule has 2 N–H and O–H groups in total. The van der Waals surface area contributed by atoms with Crippen molar-refractivity contribution in [3.63, 3.8) is 0 Å². The molecule has 0 spiro atoms. The van der Waals surface area contributed by atoms with Gasteiger partial charge in [0.15, 0.2) is 0 Å². The highest BCUT2D eigenvalue weighted by atomic mass is 15.2. The molecule has 3 nitrogen and oxygen atoms in total. The van der Waals surface area contributed by atoms with E-state index in [-0.39, 0.29) is 5.41 Å². The molecule has 110 valence electrons. The molecule has 3 rings (SSSR count). The maximum absolute atomic E-state index is 6.06. The summed E-state index contributed by atoms with van der Waals surface area (Å²) in [6.07, 6.45) is 3.83. The van der Waals surface area contributed by atoms with Crippen LogP contribution in [0.5, 0.6) is 0 Å². The van der Waals surface area contributed by atoms with Crippen LogP contribution in [0.2, 0.25) is 0 Å². The molecule has 1 aliphatic rings. The van der Waals surface area contributed by atoms with E-state index < -0.39 is 0 Å². The van der Waals surface area contributed by atoms with Crippen molar-refractivity contribution in [3.05, 3.63) is 66.0 Å². The summed E-state index contributed by atoms with van der Waals surface area (Å²) < 4.78 is 0. The van der Waals surface area contributed by atoms with E-state index in [1.165, 1.54) is 11.1 Å². The van der Waals surface area contributed by atoms with Crippen LogP contribution in [-0.2, 0) is 12.0 Å². The third-order valence-electron chi connectivity index (χ3n) is 4.79. The van der Waals surface area contributed by atoms with Crippen LogP contribution in [0.1, 0.15) is 18.1 Å². The minimum Gasteiger partial charge on any atom is -0.330 e. The topological polar surface area (TPSA) is 42.2 Å². The van der Waals surface area contributed by atoms with E-state index in [9.17, 15) is 0 Å². The van der Waals surface area contributed by atoms with E-state index >= 15 is 0 Å². The van der Waals surface area contributed by atoms with Crippen LogP contribution in [-0.4, -0.2) is 29.5 Å². The van der Waals surface area contributed by atoms with Crippen molar-refractivity contribution in [1.82, 2.24) is 9.88 Å². The van der Waals surface area contributed by atoms with Crippen LogP contribution in [0.25, 0.3) is 0 Å². The third kappa shape index (κ3) is 2.85. The summed E-state index contributed by atoms with van der Waals surface area (Å²) in [5.74, 6) is 0.477. The Morgan fingerprint density at radius 3 is 2.71 bits per heavy atom. The van der Waals surface area contributed by atoms with Gasteiger partial charge in [0.1, 0.15) is 0 Å². The third-order valence-corrected chi connectivity index (χ3v) is 4.79. The van der Waals surface area contributed by atoms with Gasteiger partial charge in [-0.05, 0) is 29.7 Å². The largest absolute Gasteiger partial charge is 0.330 e. The van der Waals surface area contributed by atoms with Crippen molar-refractivity contribution in [2.75, 3.05) is 19.6 Å². The van der Waals surface area contributed by atoms with Crippen LogP contribution in [0.3, 0.4) is 0 Å². The van der Waals surface area contributed by atoms with Crippen LogP contribution in [0, 0.1) is 5.92 Å². The predicted molar refractivity (Wildman–Crippen MR) is 85.9 cm³/mol. The lowest BCUT2D eigenvalue weighted by Gasteiger charge is -2.30. The predicted octanol–water partition coefficient (Wildman–Crippen LogP) is 2.43. The van der Waals surface area contributed by atoms with E-state index in [0.29, 0.717) is 5.92 Å². The van der Waals surface area contributed by atoms with Crippen molar-refractivity contribution in [3.8, 4) is 0 Å². The Bertz CT molecular complexity index is 570. The molecule has 0 aliphatic carbocycles. The number of likely N-dealkylation sites (tertiary alicyclic amines) is 1. The summed E-state index contributed by atoms with van der Waals surface area (Å²) in [6, 6.07) is 14.9. The zero-order chi connectivity index (χ0) is 14.7. The van der Waals surface area contributed by atoms with E-state index in [0.717, 1.165) is 26.2 Å². The van der Waals surface area contributed by atoms with Gasteiger partial charge in [-0.2, -0.15) is 0 Å². The van der Waals surface area contributed by atoms with E-state index in [2.05, 4.69) is 53.2 Å². The van der Waals surface area contributed by atoms with Gasteiger partial charge in [0.05, 0.1) is 0 Å². The van der Waals surface area contributed by atoms with Crippen molar-refractivity contribution in [1.29, 1.82) is 0 Å². The molecule has 0 amide bonds. The first kappa shape index (κ1) is 14.2. The number of nitrogens with zero attached hydrogens (tertiary/aromatic N) is 2. The maximum atomic E-state index is 6.06. The van der Waals surface area contributed by atoms with E-state index in [1.807, 2.05) is 18.5 Å². The molecule has 2 heterocycles. The van der Waals surface area contributed by atoms with Gasteiger partial charge in [-0.3, -0.25) is 9.88 Å². The van der Waals surface area contributed by atoms with Crippen molar-refractivity contribution in [2.24, 2.45) is 11.7 Å². The molecule has 3 heteroatoms. The second-order valence-corrected chi connectivity index (χ2v) is 6.25. The van der Waals surface area contributed by atoms with Gasteiger partial charge in [-0.1, -0.05) is 43.3 Å². The molecule has 0 bridgehead atoms. The highest BCUT2D eigenvalue weighted by Crippen LogP contribution is 2.38. The summed E-state index contributed by atoms with van der Waals surface area (Å²) >= 11 is 0. The maximum Gasteiger partial charge on any atom is 0.0306 e. The van der Waals surface area contributed by atoms with Gasteiger partial charge in [0, 0.05) is 37.4 Å². The first-order valence-corrected chi connectivity index (χ1v) is 7.59. The van der Waals surface area contributed by atoms with Crippen LogP contribution in [0.4, 0.5) is 0 Å². The fourth-order valence-corrected chi connectivity index (χ4v) is 3.50. The zero-order valence-corrected chi connectivity index (χ0v) is 12.6. The Kier molecular flexibility index (Phi) is 4.04. The van der Waals surface area contributed by atoms with Crippen LogP contribution in [0.15, 0.2) is 54.9 Å². The van der Waals surface area contributed by atoms with Gasteiger partial charge >= 0.3 is 0 Å². The Balaban J connectivity index is 1.80. The second-order valence-electron chi connectivity index (χ2n) is 6.25. The first-order valence-electron chi connectivity index (χ1n) is 7.59. The molecule has 2 aromatic rings. The average Bonchev–Trinajstić information content (AvgIpc) is 2.86. The lowest BCUT2D eigenvalue weighted by atomic mass is 9.75. The van der Waals surface area contributed by atoms with Crippen molar-refractivity contribution >= 4 is 0 Å². The fraction of sp³-hybridized carbons (Fsp3) is 0.389. The number of hydrogen-bond donors (Lipinski definition) is 1. The summed E-state index contributed by atoms with van der Waals surface area (Å²) in [4.78, 5) is 6.81. The SMILES string of the molecule is C[C@@]1(c2cccnc2)CN(Cc2ccccc2)C[C@H]1CN. The second kappa shape index (κ2) is 5.96. The number of rotatable bonds is 4. The normalized spacial score (nSPS) is 26.1. The van der Waals surface area contributed by atoms with Crippen LogP contribution < -0.4 is 5.73 Å². The van der Waals surface area contributed by atoms with Gasteiger partial charge < -0.3 is 5.73 Å². The van der Waals surface area contributed by atoms with Crippen molar-refractivity contribution in [2.45, 2.75) is 18.9 Å². The number of aromatic nitrogens is 1. The standard InChI is InChI=1S/C18H23N3/c1-18(16-8-5-9-20-11-16)14-21(13-17(18)10-19)12-15-6-3-2-4-7-15/h2-9,11,17H,10,12-14,19H2,1H3/t17-,18+/m1/s1. The average molecular weight is 281 g/mol. The summed E-state index contributed by atoms with van der Waals surface area (Å²) in [6.45, 7) is 6.13. The molecule has 0 unspecified atom stereocenters. The molecule has 0 radical (unpaired) electrons. The summed E-state index contributed by atoms with van der Waals surface area (Å²) in [5.41, 5.74) is 8.82. The van der Waals surface area contributed by atoms with Gasteiger partial charge in [0.25, 0.3) is 0 Å². The molecule has 1 aromatic heterocycles. The van der Waals surface area contributed by atoms with Gasteiger partial charge in [-0.25, -0.2) is 0 Å². The lowest BCUT2D eigenvalue weighted by Crippen LogP contribution is -2.36. The Morgan fingerprint density at radius 1 is 1.24 bits per heavy atom. The van der Waals surface area contributed by atoms with Crippen LogP contribution >= 0.6 is 0 Å². The molecule has 1 saturated heterocycles. The molecule has 1 aliphatic heterocycles. The number of benzene rings is 1. The summed E-state index contributed by atoms with van der Waals surface area (Å²) in [7, 11) is 0. The lowest BCUT2D eigenvalue weighted by molar-refractivity contribution is 0.308. The van der Waals surface area contributed by atoms with E-state index in [1.54, 1.807) is 0 Å². The molecular weight excluding hydrogens is 258 g/mol. The molecule has 1 aromatic carbocycles. The number of pyridine rings is 1. The minimum absolute atomic E-state index is 0.0950. The molecular formula is C18H23N3. The molecule has 21 heavy (non-hydrogen) atoms. The monoisotopic (exact) mass is 281 g/mol. The Hall–Kier alpha value is -1.71. The molecule has 1 fully saturated rings. The molecule has 2 atom stereocenters. The quantitative estimate of drug-likeness (QED) is 0.936. The van der Waals surface area contributed by atoms with Gasteiger partial charge in [-0.15, -0.1) is 0 Å². The first-order chi connectivity index (χ1) is 10.2.